The zero-order valence-corrected chi connectivity index (χ0v) is 7.06. The highest BCUT2D eigenvalue weighted by Crippen LogP contribution is 2.46. The third-order valence-corrected chi connectivity index (χ3v) is 7.26. The molecular weight excluding hydrogens is 176 g/mol. The fraction of sp³-hybridized carbons (Fsp3) is 1.00. The standard InChI is InChI=1S/C4H6O2S3/c5-9(6,3-1-7-3)4-2-8-4/h3-4H,1-2H2. The van der Waals surface area contributed by atoms with Crippen molar-refractivity contribution in [1.82, 2.24) is 0 Å². The van der Waals surface area contributed by atoms with Gasteiger partial charge in [0.05, 0.1) is 0 Å². The molecule has 2 heterocycles. The lowest BCUT2D eigenvalue weighted by Crippen LogP contribution is -2.12. The van der Waals surface area contributed by atoms with Crippen molar-refractivity contribution in [2.75, 3.05) is 11.5 Å². The van der Waals surface area contributed by atoms with Gasteiger partial charge in [0.2, 0.25) is 0 Å². The second-order valence-corrected chi connectivity index (χ2v) is 7.50. The summed E-state index contributed by atoms with van der Waals surface area (Å²) in [5.74, 6) is 1.67. The third kappa shape index (κ3) is 1.10. The predicted octanol–water partition coefficient (Wildman–Crippen LogP) is 0.547. The molecule has 5 heteroatoms. The zero-order chi connectivity index (χ0) is 6.48. The first-order valence-electron chi connectivity index (χ1n) is 2.67. The van der Waals surface area contributed by atoms with Crippen LogP contribution in [0.25, 0.3) is 0 Å². The van der Waals surface area contributed by atoms with Gasteiger partial charge in [-0.1, -0.05) is 0 Å². The predicted molar refractivity (Wildman–Crippen MR) is 41.4 cm³/mol. The van der Waals surface area contributed by atoms with E-state index in [1.165, 1.54) is 0 Å². The first-order chi connectivity index (χ1) is 4.21. The normalized spacial score (nSPS) is 40.4. The summed E-state index contributed by atoms with van der Waals surface area (Å²) in [6.07, 6.45) is 0. The topological polar surface area (TPSA) is 34.1 Å². The van der Waals surface area contributed by atoms with Gasteiger partial charge in [0, 0.05) is 11.5 Å². The third-order valence-electron chi connectivity index (χ3n) is 1.34. The van der Waals surface area contributed by atoms with Crippen LogP contribution in [0.4, 0.5) is 0 Å². The highest BCUT2D eigenvalue weighted by atomic mass is 32.3. The van der Waals surface area contributed by atoms with Gasteiger partial charge in [-0.3, -0.25) is 0 Å². The molecule has 2 fully saturated rings. The summed E-state index contributed by atoms with van der Waals surface area (Å²) in [5, 5.41) is 0. The molecule has 2 aliphatic rings. The van der Waals surface area contributed by atoms with Gasteiger partial charge in [-0.25, -0.2) is 8.42 Å². The van der Waals surface area contributed by atoms with E-state index in [4.69, 9.17) is 0 Å². The molecule has 2 saturated heterocycles. The van der Waals surface area contributed by atoms with Crippen LogP contribution in [0.15, 0.2) is 0 Å². The minimum atomic E-state index is -2.67. The van der Waals surface area contributed by atoms with Crippen molar-refractivity contribution in [2.24, 2.45) is 0 Å². The number of hydrogen-bond acceptors (Lipinski definition) is 4. The minimum Gasteiger partial charge on any atom is -0.226 e. The lowest BCUT2D eigenvalue weighted by Gasteiger charge is -1.92. The van der Waals surface area contributed by atoms with Gasteiger partial charge in [0.1, 0.15) is 9.16 Å². The summed E-state index contributed by atoms with van der Waals surface area (Å²) >= 11 is 3.08. The molecule has 0 radical (unpaired) electrons. The van der Waals surface area contributed by atoms with Crippen LogP contribution >= 0.6 is 23.5 Å². The van der Waals surface area contributed by atoms with Crippen molar-refractivity contribution in [3.05, 3.63) is 0 Å². The van der Waals surface area contributed by atoms with E-state index in [0.717, 1.165) is 11.5 Å². The summed E-state index contributed by atoms with van der Waals surface area (Å²) in [7, 11) is -2.67. The van der Waals surface area contributed by atoms with Gasteiger partial charge >= 0.3 is 0 Å². The Morgan fingerprint density at radius 3 is 1.67 bits per heavy atom. The van der Waals surface area contributed by atoms with Gasteiger partial charge in [0.15, 0.2) is 9.84 Å². The monoisotopic (exact) mass is 182 g/mol. The molecule has 0 spiro atoms. The Morgan fingerprint density at radius 1 is 1.11 bits per heavy atom. The molecule has 0 N–H and O–H groups in total. The molecular formula is C4H6O2S3. The van der Waals surface area contributed by atoms with Crippen LogP contribution in [-0.2, 0) is 9.84 Å². The second kappa shape index (κ2) is 1.83. The largest absolute Gasteiger partial charge is 0.226 e. The average Bonchev–Trinajstić information content (AvgIpc) is 2.62. The van der Waals surface area contributed by atoms with Gasteiger partial charge < -0.3 is 0 Å². The van der Waals surface area contributed by atoms with E-state index in [2.05, 4.69) is 0 Å². The Kier molecular flexibility index (Phi) is 1.29. The number of rotatable bonds is 2. The maximum Gasteiger partial charge on any atom is 0.176 e. The van der Waals surface area contributed by atoms with Crippen molar-refractivity contribution >= 4 is 33.4 Å². The number of hydrogen-bond donors (Lipinski definition) is 0. The van der Waals surface area contributed by atoms with E-state index < -0.39 is 9.84 Å². The molecule has 0 aromatic carbocycles. The summed E-state index contributed by atoms with van der Waals surface area (Å²) < 4.78 is 22.2. The fourth-order valence-corrected chi connectivity index (χ4v) is 5.64. The fourth-order valence-electron chi connectivity index (χ4n) is 0.627. The van der Waals surface area contributed by atoms with E-state index >= 15 is 0 Å². The highest BCUT2D eigenvalue weighted by Gasteiger charge is 2.47. The van der Waals surface area contributed by atoms with Crippen LogP contribution < -0.4 is 0 Å². The Hall–Kier alpha value is 0.650. The number of thioether (sulfide) groups is 2. The Morgan fingerprint density at radius 2 is 1.44 bits per heavy atom. The van der Waals surface area contributed by atoms with Crippen LogP contribution in [0, 0.1) is 0 Å². The van der Waals surface area contributed by atoms with Crippen LogP contribution in [0.1, 0.15) is 0 Å². The molecule has 0 amide bonds. The molecule has 2 nitrogen and oxygen atoms in total. The molecule has 2 aliphatic heterocycles. The SMILES string of the molecule is O=S(=O)(C1CS1)C1CS1. The molecule has 2 rings (SSSR count). The van der Waals surface area contributed by atoms with E-state index in [9.17, 15) is 8.42 Å². The van der Waals surface area contributed by atoms with Crippen molar-refractivity contribution in [1.29, 1.82) is 0 Å². The molecule has 0 saturated carbocycles. The van der Waals surface area contributed by atoms with E-state index in [1.54, 1.807) is 23.5 Å². The van der Waals surface area contributed by atoms with Crippen molar-refractivity contribution in [2.45, 2.75) is 9.16 Å². The zero-order valence-electron chi connectivity index (χ0n) is 4.61. The Labute approximate surface area is 62.7 Å². The molecule has 0 aliphatic carbocycles. The minimum absolute atomic E-state index is 0.0301. The van der Waals surface area contributed by atoms with Crippen LogP contribution in [0.3, 0.4) is 0 Å². The highest BCUT2D eigenvalue weighted by molar-refractivity contribution is 8.28. The maximum atomic E-state index is 11.1. The van der Waals surface area contributed by atoms with Crippen molar-refractivity contribution < 1.29 is 8.42 Å². The van der Waals surface area contributed by atoms with Crippen molar-refractivity contribution in [3.63, 3.8) is 0 Å². The van der Waals surface area contributed by atoms with Crippen LogP contribution in [0.5, 0.6) is 0 Å². The lowest BCUT2D eigenvalue weighted by atomic mass is 11.0. The summed E-state index contributed by atoms with van der Waals surface area (Å²) in [6, 6.07) is 0. The molecule has 2 unspecified atom stereocenters. The molecule has 0 aromatic rings. The molecule has 0 bridgehead atoms. The summed E-state index contributed by atoms with van der Waals surface area (Å²) in [4.78, 5) is 0. The maximum absolute atomic E-state index is 11.1. The van der Waals surface area contributed by atoms with Gasteiger partial charge in [-0.05, 0) is 0 Å². The lowest BCUT2D eigenvalue weighted by molar-refractivity contribution is 0.598. The smallest absolute Gasteiger partial charge is 0.176 e. The van der Waals surface area contributed by atoms with Crippen LogP contribution in [-0.4, -0.2) is 29.1 Å². The summed E-state index contributed by atoms with van der Waals surface area (Å²) in [5.41, 5.74) is 0. The van der Waals surface area contributed by atoms with E-state index in [1.807, 2.05) is 0 Å². The summed E-state index contributed by atoms with van der Waals surface area (Å²) in [6.45, 7) is 0. The quantitative estimate of drug-likeness (QED) is 0.584. The van der Waals surface area contributed by atoms with Crippen molar-refractivity contribution in [3.8, 4) is 0 Å². The van der Waals surface area contributed by atoms with Gasteiger partial charge in [0.25, 0.3) is 0 Å². The van der Waals surface area contributed by atoms with E-state index in [0.29, 0.717) is 0 Å². The molecule has 2 atom stereocenters. The molecule has 9 heavy (non-hydrogen) atoms. The molecule has 52 valence electrons. The first kappa shape index (κ1) is 6.37. The van der Waals surface area contributed by atoms with Gasteiger partial charge in [-0.15, -0.1) is 23.5 Å². The number of sulfone groups is 1. The Balaban J connectivity index is 2.20. The molecule has 0 aromatic heterocycles. The average molecular weight is 182 g/mol. The second-order valence-electron chi connectivity index (χ2n) is 2.11. The Bertz CT molecular complexity index is 194. The first-order valence-corrected chi connectivity index (χ1v) is 6.38. The van der Waals surface area contributed by atoms with Crippen LogP contribution in [0.2, 0.25) is 0 Å². The van der Waals surface area contributed by atoms with Gasteiger partial charge in [-0.2, -0.15) is 0 Å². The van der Waals surface area contributed by atoms with E-state index in [-0.39, 0.29) is 9.16 Å².